The maximum Gasteiger partial charge on any atom is 0.261 e. The lowest BCUT2D eigenvalue weighted by atomic mass is 10.1. The molecular formula is C28H35N3O4. The Labute approximate surface area is 207 Å². The number of carbonyl (C=O) groups is 4. The average molecular weight is 478 g/mol. The van der Waals surface area contributed by atoms with Crippen molar-refractivity contribution in [1.29, 1.82) is 0 Å². The fraction of sp³-hybridized carbons (Fsp3) is 0.429. The predicted octanol–water partition coefficient (Wildman–Crippen LogP) is 3.68. The number of nitrogens with zero attached hydrogens (tertiary/aromatic N) is 2. The number of imide groups is 1. The summed E-state index contributed by atoms with van der Waals surface area (Å²) in [7, 11) is 0. The van der Waals surface area contributed by atoms with E-state index in [1.54, 1.807) is 29.2 Å². The van der Waals surface area contributed by atoms with Crippen molar-refractivity contribution in [3.05, 3.63) is 71.3 Å². The fourth-order valence-electron chi connectivity index (χ4n) is 4.29. The van der Waals surface area contributed by atoms with Gasteiger partial charge in [-0.1, -0.05) is 63.2 Å². The van der Waals surface area contributed by atoms with Gasteiger partial charge in [-0.3, -0.25) is 24.1 Å². The van der Waals surface area contributed by atoms with Gasteiger partial charge in [0, 0.05) is 26.1 Å². The monoisotopic (exact) mass is 477 g/mol. The largest absolute Gasteiger partial charge is 0.354 e. The third-order valence-corrected chi connectivity index (χ3v) is 6.21. The lowest BCUT2D eigenvalue weighted by Crippen LogP contribution is -2.50. The predicted molar refractivity (Wildman–Crippen MR) is 135 cm³/mol. The molecule has 3 rings (SSSR count). The highest BCUT2D eigenvalue weighted by atomic mass is 16.2. The van der Waals surface area contributed by atoms with Gasteiger partial charge in [-0.25, -0.2) is 0 Å². The quantitative estimate of drug-likeness (QED) is 0.473. The second-order valence-corrected chi connectivity index (χ2v) is 9.30. The molecule has 0 fully saturated rings. The third-order valence-electron chi connectivity index (χ3n) is 6.21. The summed E-state index contributed by atoms with van der Waals surface area (Å²) in [4.78, 5) is 54.3. The van der Waals surface area contributed by atoms with Crippen molar-refractivity contribution in [3.63, 3.8) is 0 Å². The molecule has 1 heterocycles. The van der Waals surface area contributed by atoms with Gasteiger partial charge in [0.1, 0.15) is 6.04 Å². The van der Waals surface area contributed by atoms with Crippen LogP contribution in [-0.4, -0.2) is 59.1 Å². The molecule has 1 aliphatic heterocycles. The van der Waals surface area contributed by atoms with E-state index in [1.807, 2.05) is 51.1 Å². The summed E-state index contributed by atoms with van der Waals surface area (Å²) in [6.45, 7) is 7.10. The van der Waals surface area contributed by atoms with Crippen LogP contribution >= 0.6 is 0 Å². The second-order valence-electron chi connectivity index (χ2n) is 9.30. The summed E-state index contributed by atoms with van der Waals surface area (Å²) in [5, 5.41) is 2.96. The van der Waals surface area contributed by atoms with Crippen molar-refractivity contribution in [2.75, 3.05) is 19.6 Å². The van der Waals surface area contributed by atoms with E-state index in [-0.39, 0.29) is 36.6 Å². The Hall–Kier alpha value is -3.48. The molecule has 186 valence electrons. The maximum absolute atomic E-state index is 13.3. The highest BCUT2D eigenvalue weighted by molar-refractivity contribution is 6.21. The molecule has 1 N–H and O–H groups in total. The molecule has 1 atom stereocenters. The van der Waals surface area contributed by atoms with Crippen LogP contribution < -0.4 is 5.32 Å². The van der Waals surface area contributed by atoms with Crippen molar-refractivity contribution in [1.82, 2.24) is 15.1 Å². The number of hydrogen-bond acceptors (Lipinski definition) is 4. The molecule has 1 aliphatic rings. The minimum Gasteiger partial charge on any atom is -0.354 e. The van der Waals surface area contributed by atoms with Crippen molar-refractivity contribution < 1.29 is 19.2 Å². The highest BCUT2D eigenvalue weighted by Gasteiger charge is 2.35. The number of fused-ring (bicyclic) bond motifs is 1. The maximum atomic E-state index is 13.3. The molecule has 0 bridgehead atoms. The summed E-state index contributed by atoms with van der Waals surface area (Å²) < 4.78 is 0. The Morgan fingerprint density at radius 3 is 2.11 bits per heavy atom. The number of benzene rings is 2. The first kappa shape index (κ1) is 26.1. The van der Waals surface area contributed by atoms with Crippen molar-refractivity contribution in [2.45, 2.75) is 52.5 Å². The standard InChI is InChI=1S/C28H35N3O4/c1-4-24(26(33)29-19-20(2)3)30(18-16-21-11-6-5-7-12-21)25(32)15-10-17-31-27(34)22-13-8-9-14-23(22)28(31)35/h5-9,11-14,20,24H,4,10,15-19H2,1-3H3,(H,29,33)/t24-/m1/s1. The highest BCUT2D eigenvalue weighted by Crippen LogP contribution is 2.23. The van der Waals surface area contributed by atoms with Crippen LogP contribution in [0, 0.1) is 5.92 Å². The van der Waals surface area contributed by atoms with Crippen LogP contribution in [0.5, 0.6) is 0 Å². The molecule has 0 aliphatic carbocycles. The van der Waals surface area contributed by atoms with Crippen LogP contribution in [0.2, 0.25) is 0 Å². The number of hydrogen-bond donors (Lipinski definition) is 1. The van der Waals surface area contributed by atoms with Gasteiger partial charge in [-0.05, 0) is 42.9 Å². The van der Waals surface area contributed by atoms with Gasteiger partial charge < -0.3 is 10.2 Å². The van der Waals surface area contributed by atoms with E-state index in [4.69, 9.17) is 0 Å². The number of nitrogens with one attached hydrogen (secondary N) is 1. The van der Waals surface area contributed by atoms with Crippen molar-refractivity contribution in [3.8, 4) is 0 Å². The third kappa shape index (κ3) is 6.56. The van der Waals surface area contributed by atoms with E-state index in [2.05, 4.69) is 5.32 Å². The topological polar surface area (TPSA) is 86.8 Å². The number of rotatable bonds is 12. The van der Waals surface area contributed by atoms with Gasteiger partial charge in [0.05, 0.1) is 11.1 Å². The molecule has 7 heteroatoms. The number of carbonyl (C=O) groups excluding carboxylic acids is 4. The van der Waals surface area contributed by atoms with Crippen LogP contribution in [0.25, 0.3) is 0 Å². The zero-order valence-electron chi connectivity index (χ0n) is 20.8. The zero-order chi connectivity index (χ0) is 25.4. The smallest absolute Gasteiger partial charge is 0.261 e. The number of amides is 4. The van der Waals surface area contributed by atoms with Crippen LogP contribution in [0.1, 0.15) is 66.3 Å². The summed E-state index contributed by atoms with van der Waals surface area (Å²) >= 11 is 0. The SMILES string of the molecule is CC[C@H](C(=O)NCC(C)C)N(CCc1ccccc1)C(=O)CCCN1C(=O)c2ccccc2C1=O. The van der Waals surface area contributed by atoms with Gasteiger partial charge in [0.25, 0.3) is 11.8 Å². The molecule has 0 saturated carbocycles. The average Bonchev–Trinajstić information content (AvgIpc) is 3.10. The van der Waals surface area contributed by atoms with Crippen LogP contribution in [0.15, 0.2) is 54.6 Å². The first-order valence-electron chi connectivity index (χ1n) is 12.4. The van der Waals surface area contributed by atoms with Crippen LogP contribution in [0.4, 0.5) is 0 Å². The summed E-state index contributed by atoms with van der Waals surface area (Å²) in [5.74, 6) is -0.631. The van der Waals surface area contributed by atoms with E-state index in [1.165, 1.54) is 4.90 Å². The Bertz CT molecular complexity index is 1020. The minimum atomic E-state index is -0.565. The molecule has 35 heavy (non-hydrogen) atoms. The Morgan fingerprint density at radius 2 is 1.54 bits per heavy atom. The lowest BCUT2D eigenvalue weighted by Gasteiger charge is -2.31. The molecule has 2 aromatic rings. The molecule has 0 spiro atoms. The van der Waals surface area contributed by atoms with Crippen LogP contribution in [-0.2, 0) is 16.0 Å². The molecule has 0 saturated heterocycles. The van der Waals surface area contributed by atoms with Gasteiger partial charge in [-0.2, -0.15) is 0 Å². The van der Waals surface area contributed by atoms with Gasteiger partial charge in [-0.15, -0.1) is 0 Å². The summed E-state index contributed by atoms with van der Waals surface area (Å²) in [6.07, 6.45) is 1.63. The van der Waals surface area contributed by atoms with E-state index in [0.29, 0.717) is 49.4 Å². The Balaban J connectivity index is 1.65. The Morgan fingerprint density at radius 1 is 0.943 bits per heavy atom. The van der Waals surface area contributed by atoms with Gasteiger partial charge in [0.15, 0.2) is 0 Å². The lowest BCUT2D eigenvalue weighted by molar-refractivity contribution is -0.140. The summed E-state index contributed by atoms with van der Waals surface area (Å²) in [6, 6.07) is 16.1. The van der Waals surface area contributed by atoms with Crippen LogP contribution in [0.3, 0.4) is 0 Å². The first-order valence-corrected chi connectivity index (χ1v) is 12.4. The molecule has 2 aromatic carbocycles. The van der Waals surface area contributed by atoms with Crippen molar-refractivity contribution in [2.24, 2.45) is 5.92 Å². The fourth-order valence-corrected chi connectivity index (χ4v) is 4.29. The normalized spacial score (nSPS) is 13.7. The molecule has 0 radical (unpaired) electrons. The van der Waals surface area contributed by atoms with Crippen molar-refractivity contribution >= 4 is 23.6 Å². The van der Waals surface area contributed by atoms with E-state index < -0.39 is 6.04 Å². The molecule has 0 aromatic heterocycles. The second kappa shape index (κ2) is 12.3. The molecule has 7 nitrogen and oxygen atoms in total. The zero-order valence-corrected chi connectivity index (χ0v) is 20.8. The first-order chi connectivity index (χ1) is 16.8. The van der Waals surface area contributed by atoms with E-state index >= 15 is 0 Å². The van der Waals surface area contributed by atoms with Gasteiger partial charge in [0.2, 0.25) is 11.8 Å². The van der Waals surface area contributed by atoms with E-state index in [9.17, 15) is 19.2 Å². The minimum absolute atomic E-state index is 0.149. The Kier molecular flexibility index (Phi) is 9.18. The van der Waals surface area contributed by atoms with E-state index in [0.717, 1.165) is 5.56 Å². The molecule has 0 unspecified atom stereocenters. The summed E-state index contributed by atoms with van der Waals surface area (Å²) in [5.41, 5.74) is 1.90. The van der Waals surface area contributed by atoms with Gasteiger partial charge >= 0.3 is 0 Å². The molecular weight excluding hydrogens is 442 g/mol. The molecule has 4 amide bonds.